The molecule has 4 aromatic rings. The highest BCUT2D eigenvalue weighted by Crippen LogP contribution is 2.34. The van der Waals surface area contributed by atoms with Crippen molar-refractivity contribution in [2.45, 2.75) is 55.6 Å². The van der Waals surface area contributed by atoms with E-state index in [0.717, 1.165) is 49.2 Å². The van der Waals surface area contributed by atoms with Crippen molar-refractivity contribution in [3.05, 3.63) is 64.9 Å². The first-order chi connectivity index (χ1) is 25.9. The fourth-order valence-corrected chi connectivity index (χ4v) is 8.69. The summed E-state index contributed by atoms with van der Waals surface area (Å²) in [6.07, 6.45) is 5.40. The van der Waals surface area contributed by atoms with E-state index in [1.807, 2.05) is 13.1 Å². The molecular weight excluding hydrogens is 744 g/mol. The number of hydrogen-bond donors (Lipinski definition) is 2. The number of fused-ring (bicyclic) bond motifs is 1. The number of urea groups is 1. The third kappa shape index (κ3) is 8.26. The Morgan fingerprint density at radius 1 is 1.02 bits per heavy atom. The lowest BCUT2D eigenvalue weighted by molar-refractivity contribution is -0.120. The Kier molecular flexibility index (Phi) is 11.0. The molecular formula is C36H38ClF2N9O5S. The second kappa shape index (κ2) is 15.8. The molecule has 0 saturated carbocycles. The standard InChI is InChI=1S/C36H38ClF2N9O5S/c1-45-31-20-24(4-6-29(31)33(44-45)48-18-12-32(49)43-36(48)50)23-8-14-46(15-9-23)13-2-3-25-19-28(5-7-30(25)37)54(51,52)47-16-10-26(11-17-47)42-35-40-21-27(22-41-35)53-34(38)39/h4-7,19-23,26,34H,8-18H2,1H3,(H,40,41,42)(H,43,49,50). The summed E-state index contributed by atoms with van der Waals surface area (Å²) in [6, 6.07) is 10.2. The van der Waals surface area contributed by atoms with Gasteiger partial charge in [-0.1, -0.05) is 29.5 Å². The van der Waals surface area contributed by atoms with Crippen LogP contribution in [0, 0.1) is 11.8 Å². The average molecular weight is 782 g/mol. The molecule has 0 unspecified atom stereocenters. The number of imide groups is 1. The first-order valence-corrected chi connectivity index (χ1v) is 19.4. The maximum Gasteiger partial charge on any atom is 0.387 e. The molecule has 3 fully saturated rings. The summed E-state index contributed by atoms with van der Waals surface area (Å²) in [6.45, 7) is 0.0498. The molecule has 0 bridgehead atoms. The molecule has 18 heteroatoms. The lowest BCUT2D eigenvalue weighted by atomic mass is 9.89. The van der Waals surface area contributed by atoms with Gasteiger partial charge in [-0.3, -0.25) is 24.6 Å². The average Bonchev–Trinajstić information content (AvgIpc) is 3.48. The Morgan fingerprint density at radius 2 is 1.76 bits per heavy atom. The number of likely N-dealkylation sites (tertiary alicyclic amines) is 1. The fraction of sp³-hybridized carbons (Fsp3) is 0.417. The van der Waals surface area contributed by atoms with E-state index in [-0.39, 0.29) is 54.6 Å². The number of carbonyl (C=O) groups is 2. The van der Waals surface area contributed by atoms with E-state index in [1.54, 1.807) is 10.7 Å². The zero-order valence-corrected chi connectivity index (χ0v) is 30.9. The zero-order chi connectivity index (χ0) is 38.0. The molecule has 54 heavy (non-hydrogen) atoms. The van der Waals surface area contributed by atoms with Gasteiger partial charge in [0.25, 0.3) is 0 Å². The molecule has 0 spiro atoms. The second-order valence-electron chi connectivity index (χ2n) is 13.4. The van der Waals surface area contributed by atoms with Crippen molar-refractivity contribution in [1.29, 1.82) is 0 Å². The maximum atomic E-state index is 13.6. The van der Waals surface area contributed by atoms with Gasteiger partial charge in [-0.2, -0.15) is 18.2 Å². The van der Waals surface area contributed by atoms with Crippen molar-refractivity contribution in [3.8, 4) is 17.6 Å². The molecule has 3 aliphatic rings. The number of hydrogen-bond acceptors (Lipinski definition) is 10. The molecule has 14 nitrogen and oxygen atoms in total. The number of rotatable bonds is 9. The number of benzene rings is 2. The molecule has 0 radical (unpaired) electrons. The van der Waals surface area contributed by atoms with Gasteiger partial charge in [0.15, 0.2) is 11.6 Å². The summed E-state index contributed by atoms with van der Waals surface area (Å²) < 4.78 is 59.4. The fourth-order valence-electron chi connectivity index (χ4n) is 7.03. The predicted molar refractivity (Wildman–Crippen MR) is 197 cm³/mol. The van der Waals surface area contributed by atoms with Gasteiger partial charge in [-0.05, 0) is 80.6 Å². The number of aryl methyl sites for hydroxylation is 1. The summed E-state index contributed by atoms with van der Waals surface area (Å²) in [5.41, 5.74) is 2.57. The second-order valence-corrected chi connectivity index (χ2v) is 15.8. The largest absolute Gasteiger partial charge is 0.432 e. The predicted octanol–water partition coefficient (Wildman–Crippen LogP) is 4.56. The van der Waals surface area contributed by atoms with Crippen molar-refractivity contribution in [2.24, 2.45) is 7.05 Å². The molecule has 5 heterocycles. The molecule has 2 N–H and O–H groups in total. The van der Waals surface area contributed by atoms with Gasteiger partial charge < -0.3 is 10.1 Å². The topological polar surface area (TPSA) is 155 Å². The molecule has 3 saturated heterocycles. The number of amides is 3. The summed E-state index contributed by atoms with van der Waals surface area (Å²) >= 11 is 6.45. The zero-order valence-electron chi connectivity index (χ0n) is 29.3. The van der Waals surface area contributed by atoms with Crippen LogP contribution in [0.5, 0.6) is 5.75 Å². The van der Waals surface area contributed by atoms with E-state index in [1.165, 1.54) is 26.9 Å². The highest BCUT2D eigenvalue weighted by Gasteiger charge is 2.31. The molecule has 2 aromatic heterocycles. The van der Waals surface area contributed by atoms with Crippen LogP contribution in [0.4, 0.5) is 25.3 Å². The third-order valence-electron chi connectivity index (χ3n) is 9.97. The SMILES string of the molecule is Cn1nc(N2CCC(=O)NC2=O)c2ccc(C3CCN(CC#Cc4cc(S(=O)(=O)N5CCC(Nc6ncc(OC(F)F)cn6)CC5)ccc4Cl)CC3)cc21. The minimum Gasteiger partial charge on any atom is -0.432 e. The third-order valence-corrected chi connectivity index (χ3v) is 12.2. The van der Waals surface area contributed by atoms with Crippen LogP contribution in [0.15, 0.2) is 53.7 Å². The molecule has 3 amide bonds. The van der Waals surface area contributed by atoms with E-state index < -0.39 is 22.7 Å². The lowest BCUT2D eigenvalue weighted by Crippen LogP contribution is -2.49. The van der Waals surface area contributed by atoms with Crippen LogP contribution >= 0.6 is 11.6 Å². The first kappa shape index (κ1) is 37.4. The van der Waals surface area contributed by atoms with E-state index >= 15 is 0 Å². The Hall–Kier alpha value is -4.89. The number of alkyl halides is 2. The molecule has 0 atom stereocenters. The van der Waals surface area contributed by atoms with Crippen molar-refractivity contribution < 1.29 is 31.5 Å². The lowest BCUT2D eigenvalue weighted by Gasteiger charge is -2.31. The van der Waals surface area contributed by atoms with E-state index in [4.69, 9.17) is 11.6 Å². The quantitative estimate of drug-likeness (QED) is 0.231. The number of nitrogens with one attached hydrogen (secondary N) is 2. The normalized spacial score (nSPS) is 18.1. The summed E-state index contributed by atoms with van der Waals surface area (Å²) in [4.78, 5) is 36.0. The Balaban J connectivity index is 0.920. The molecule has 284 valence electrons. The van der Waals surface area contributed by atoms with E-state index in [9.17, 15) is 26.8 Å². The van der Waals surface area contributed by atoms with Crippen LogP contribution in [-0.4, -0.2) is 101 Å². The number of sulfonamides is 1. The summed E-state index contributed by atoms with van der Waals surface area (Å²) in [5, 5.41) is 11.3. The van der Waals surface area contributed by atoms with Crippen molar-refractivity contribution in [2.75, 3.05) is 49.5 Å². The van der Waals surface area contributed by atoms with Crippen LogP contribution in [0.1, 0.15) is 49.1 Å². The number of ether oxygens (including phenoxy) is 1. The van der Waals surface area contributed by atoms with Gasteiger partial charge in [-0.25, -0.2) is 23.2 Å². The number of aromatic nitrogens is 4. The smallest absolute Gasteiger partial charge is 0.387 e. The van der Waals surface area contributed by atoms with Crippen LogP contribution in [0.2, 0.25) is 5.02 Å². The number of nitrogens with zero attached hydrogens (tertiary/aromatic N) is 7. The molecule has 3 aliphatic heterocycles. The van der Waals surface area contributed by atoms with Gasteiger partial charge in [0.2, 0.25) is 21.9 Å². The van der Waals surface area contributed by atoms with Crippen molar-refractivity contribution >= 4 is 56.2 Å². The Labute approximate surface area is 315 Å². The highest BCUT2D eigenvalue weighted by atomic mass is 35.5. The molecule has 7 rings (SSSR count). The number of carbonyl (C=O) groups excluding carboxylic acids is 2. The van der Waals surface area contributed by atoms with E-state index in [2.05, 4.69) is 59.3 Å². The van der Waals surface area contributed by atoms with Crippen LogP contribution in [0.3, 0.4) is 0 Å². The van der Waals surface area contributed by atoms with Crippen molar-refractivity contribution in [3.63, 3.8) is 0 Å². The monoisotopic (exact) mass is 781 g/mol. The maximum absolute atomic E-state index is 13.6. The Bertz CT molecular complexity index is 2210. The molecule has 0 aliphatic carbocycles. The van der Waals surface area contributed by atoms with Crippen LogP contribution < -0.4 is 20.3 Å². The first-order valence-electron chi connectivity index (χ1n) is 17.6. The number of halogens is 3. The number of anilines is 2. The van der Waals surface area contributed by atoms with Gasteiger partial charge in [0.1, 0.15) is 0 Å². The van der Waals surface area contributed by atoms with Crippen molar-refractivity contribution in [1.82, 2.24) is 34.3 Å². The van der Waals surface area contributed by atoms with Crippen LogP contribution in [-0.2, 0) is 21.9 Å². The minimum atomic E-state index is -3.81. The summed E-state index contributed by atoms with van der Waals surface area (Å²) in [5.74, 6) is 6.97. The van der Waals surface area contributed by atoms with Gasteiger partial charge in [0.05, 0.1) is 34.4 Å². The number of piperidine rings is 2. The molecule has 2 aromatic carbocycles. The van der Waals surface area contributed by atoms with E-state index in [0.29, 0.717) is 41.7 Å². The van der Waals surface area contributed by atoms with Gasteiger partial charge in [-0.15, -0.1) is 0 Å². The summed E-state index contributed by atoms with van der Waals surface area (Å²) in [7, 11) is -1.96. The van der Waals surface area contributed by atoms with Gasteiger partial charge >= 0.3 is 12.6 Å². The Morgan fingerprint density at radius 3 is 2.46 bits per heavy atom. The van der Waals surface area contributed by atoms with Crippen LogP contribution in [0.25, 0.3) is 10.9 Å². The van der Waals surface area contributed by atoms with Gasteiger partial charge in [0, 0.05) is 50.1 Å². The highest BCUT2D eigenvalue weighted by molar-refractivity contribution is 7.89. The minimum absolute atomic E-state index is 0.0989.